The molecule has 0 aliphatic rings. The fourth-order valence-electron chi connectivity index (χ4n) is 2.81. The highest BCUT2D eigenvalue weighted by molar-refractivity contribution is 5.96. The van der Waals surface area contributed by atoms with Crippen LogP contribution in [-0.4, -0.2) is 85.1 Å². The molecule has 3 amide bonds. The molecule has 4 unspecified atom stereocenters. The number of nitrogens with two attached hydrogens (primary N) is 1. The van der Waals surface area contributed by atoms with Crippen LogP contribution in [0.1, 0.15) is 32.4 Å². The Morgan fingerprint density at radius 1 is 0.912 bits per heavy atom. The van der Waals surface area contributed by atoms with Gasteiger partial charge in [0.1, 0.15) is 18.1 Å². The Hall–Kier alpha value is -4.01. The smallest absolute Gasteiger partial charge is 0.326 e. The van der Waals surface area contributed by atoms with Gasteiger partial charge in [-0.3, -0.25) is 24.0 Å². The number of hydrogen-bond acceptors (Lipinski definition) is 8. The second-order valence-corrected chi connectivity index (χ2v) is 7.77. The quantitative estimate of drug-likeness (QED) is 0.136. The second-order valence-electron chi connectivity index (χ2n) is 7.77. The number of amides is 3. The van der Waals surface area contributed by atoms with Gasteiger partial charge in [-0.1, -0.05) is 13.8 Å². The topological polar surface area (TPSA) is 254 Å². The van der Waals surface area contributed by atoms with Crippen LogP contribution in [0, 0.1) is 5.92 Å². The summed E-state index contributed by atoms with van der Waals surface area (Å²) in [6.07, 6.45) is 0.875. The lowest BCUT2D eigenvalue weighted by molar-refractivity contribution is -0.144. The molecule has 1 aromatic heterocycles. The van der Waals surface area contributed by atoms with E-state index >= 15 is 0 Å². The minimum atomic E-state index is -1.69. The number of carboxylic acids is 3. The molecule has 15 heteroatoms. The SMILES string of the molecule is CC(C)C(NC(=O)C(Cc1cnc[nH]1)NC(=O)C(CC(=O)O)NC(=O)C(N)CC(=O)O)C(=O)O. The van der Waals surface area contributed by atoms with Gasteiger partial charge in [-0.25, -0.2) is 9.78 Å². The number of nitrogens with zero attached hydrogens (tertiary/aromatic N) is 1. The van der Waals surface area contributed by atoms with E-state index in [0.29, 0.717) is 5.69 Å². The van der Waals surface area contributed by atoms with E-state index in [9.17, 15) is 33.9 Å². The van der Waals surface area contributed by atoms with Crippen molar-refractivity contribution in [2.75, 3.05) is 0 Å². The van der Waals surface area contributed by atoms with E-state index in [2.05, 4.69) is 25.9 Å². The summed E-state index contributed by atoms with van der Waals surface area (Å²) in [6.45, 7) is 3.14. The van der Waals surface area contributed by atoms with Crippen molar-refractivity contribution in [2.24, 2.45) is 11.7 Å². The molecule has 0 aliphatic carbocycles. The predicted molar refractivity (Wildman–Crippen MR) is 113 cm³/mol. The molecule has 15 nitrogen and oxygen atoms in total. The van der Waals surface area contributed by atoms with Gasteiger partial charge in [0.05, 0.1) is 25.2 Å². The molecule has 1 heterocycles. The van der Waals surface area contributed by atoms with Crippen molar-refractivity contribution >= 4 is 35.6 Å². The predicted octanol–water partition coefficient (Wildman–Crippen LogP) is -2.58. The number of H-pyrrole nitrogens is 1. The standard InChI is InChI=1S/C19H28N6O9/c1-8(2)15(19(33)34)25-18(32)11(3-9-6-21-7-22-9)24-17(31)12(5-14(28)29)23-16(30)10(20)4-13(26)27/h6-8,10-12,15H,3-5,20H2,1-2H3,(H,21,22)(H,23,30)(H,24,31)(H,25,32)(H,26,27)(H,28,29)(H,33,34). The lowest BCUT2D eigenvalue weighted by Crippen LogP contribution is -2.58. The first-order chi connectivity index (χ1) is 15.8. The highest BCUT2D eigenvalue weighted by atomic mass is 16.4. The molecule has 0 saturated carbocycles. The molecule has 0 saturated heterocycles. The van der Waals surface area contributed by atoms with Gasteiger partial charge in [-0.05, 0) is 5.92 Å². The molecule has 0 bridgehead atoms. The van der Waals surface area contributed by atoms with Crippen LogP contribution in [0.4, 0.5) is 0 Å². The third-order valence-electron chi connectivity index (χ3n) is 4.59. The van der Waals surface area contributed by atoms with Gasteiger partial charge in [0, 0.05) is 18.3 Å². The zero-order valence-electron chi connectivity index (χ0n) is 18.5. The van der Waals surface area contributed by atoms with E-state index < -0.39 is 78.6 Å². The summed E-state index contributed by atoms with van der Waals surface area (Å²) < 4.78 is 0. The Balaban J connectivity index is 3.08. The highest BCUT2D eigenvalue weighted by Crippen LogP contribution is 2.06. The van der Waals surface area contributed by atoms with E-state index in [0.717, 1.165) is 0 Å². The first-order valence-corrected chi connectivity index (χ1v) is 10.1. The molecule has 0 radical (unpaired) electrons. The summed E-state index contributed by atoms with van der Waals surface area (Å²) in [4.78, 5) is 77.6. The maximum atomic E-state index is 12.8. The number of aromatic amines is 1. The molecule has 1 rings (SSSR count). The zero-order valence-corrected chi connectivity index (χ0v) is 18.5. The Bertz CT molecular complexity index is 902. The first-order valence-electron chi connectivity index (χ1n) is 10.1. The van der Waals surface area contributed by atoms with Crippen LogP contribution in [0.2, 0.25) is 0 Å². The molecule has 1 aromatic rings. The van der Waals surface area contributed by atoms with Gasteiger partial charge in [-0.15, -0.1) is 0 Å². The van der Waals surface area contributed by atoms with Gasteiger partial charge in [0.15, 0.2) is 0 Å². The van der Waals surface area contributed by atoms with Crippen molar-refractivity contribution in [3.63, 3.8) is 0 Å². The van der Waals surface area contributed by atoms with Crippen LogP contribution in [0.3, 0.4) is 0 Å². The summed E-state index contributed by atoms with van der Waals surface area (Å²) in [5, 5.41) is 33.9. The molecule has 0 fully saturated rings. The maximum Gasteiger partial charge on any atom is 0.326 e. The van der Waals surface area contributed by atoms with Crippen molar-refractivity contribution in [1.29, 1.82) is 0 Å². The lowest BCUT2D eigenvalue weighted by atomic mass is 10.0. The molecular weight excluding hydrogens is 456 g/mol. The number of aliphatic carboxylic acids is 3. The van der Waals surface area contributed by atoms with E-state index in [-0.39, 0.29) is 6.42 Å². The Morgan fingerprint density at radius 3 is 1.94 bits per heavy atom. The summed E-state index contributed by atoms with van der Waals surface area (Å²) in [5.41, 5.74) is 5.85. The first kappa shape index (κ1) is 28.0. The molecule has 188 valence electrons. The van der Waals surface area contributed by atoms with E-state index in [1.54, 1.807) is 13.8 Å². The monoisotopic (exact) mass is 484 g/mol. The van der Waals surface area contributed by atoms with Gasteiger partial charge >= 0.3 is 17.9 Å². The van der Waals surface area contributed by atoms with Crippen LogP contribution in [0.15, 0.2) is 12.5 Å². The third kappa shape index (κ3) is 9.23. The number of hydrogen-bond donors (Lipinski definition) is 8. The van der Waals surface area contributed by atoms with Crippen molar-refractivity contribution < 1.29 is 44.1 Å². The van der Waals surface area contributed by atoms with Crippen LogP contribution >= 0.6 is 0 Å². The van der Waals surface area contributed by atoms with Crippen molar-refractivity contribution in [3.05, 3.63) is 18.2 Å². The normalized spacial score (nSPS) is 14.4. The van der Waals surface area contributed by atoms with Gasteiger partial charge in [-0.2, -0.15) is 0 Å². The summed E-state index contributed by atoms with van der Waals surface area (Å²) in [7, 11) is 0. The molecule has 0 spiro atoms. The fourth-order valence-corrected chi connectivity index (χ4v) is 2.81. The minimum Gasteiger partial charge on any atom is -0.481 e. The number of rotatable bonds is 14. The molecule has 34 heavy (non-hydrogen) atoms. The Morgan fingerprint density at radius 2 is 1.47 bits per heavy atom. The number of carboxylic acid groups (broad SMARTS) is 3. The average Bonchev–Trinajstić information content (AvgIpc) is 3.22. The number of carbonyl (C=O) groups is 6. The Kier molecular flexibility index (Phi) is 10.6. The van der Waals surface area contributed by atoms with Gasteiger partial charge in [0.2, 0.25) is 17.7 Å². The molecule has 9 N–H and O–H groups in total. The van der Waals surface area contributed by atoms with Crippen LogP contribution in [-0.2, 0) is 35.2 Å². The molecule has 4 atom stereocenters. The van der Waals surface area contributed by atoms with Crippen LogP contribution < -0.4 is 21.7 Å². The number of aromatic nitrogens is 2. The van der Waals surface area contributed by atoms with Gasteiger partial charge < -0.3 is 42.0 Å². The Labute approximate surface area is 193 Å². The van der Waals surface area contributed by atoms with Gasteiger partial charge in [0.25, 0.3) is 0 Å². The zero-order chi connectivity index (χ0) is 26.0. The second kappa shape index (κ2) is 12.9. The summed E-state index contributed by atoms with van der Waals surface area (Å²) in [5.74, 6) is -7.65. The minimum absolute atomic E-state index is 0.158. The molecular formula is C19H28N6O9. The van der Waals surface area contributed by atoms with E-state index in [1.807, 2.05) is 0 Å². The van der Waals surface area contributed by atoms with Crippen molar-refractivity contribution in [1.82, 2.24) is 25.9 Å². The number of nitrogens with one attached hydrogen (secondary N) is 4. The summed E-state index contributed by atoms with van der Waals surface area (Å²) >= 11 is 0. The lowest BCUT2D eigenvalue weighted by Gasteiger charge is -2.25. The van der Waals surface area contributed by atoms with Crippen LogP contribution in [0.5, 0.6) is 0 Å². The van der Waals surface area contributed by atoms with E-state index in [1.165, 1.54) is 12.5 Å². The molecule has 0 aromatic carbocycles. The number of carbonyl (C=O) groups excluding carboxylic acids is 3. The van der Waals surface area contributed by atoms with E-state index in [4.69, 9.17) is 15.9 Å². The third-order valence-corrected chi connectivity index (χ3v) is 4.59. The van der Waals surface area contributed by atoms with Crippen LogP contribution in [0.25, 0.3) is 0 Å². The maximum absolute atomic E-state index is 12.8. The van der Waals surface area contributed by atoms with Crippen molar-refractivity contribution in [2.45, 2.75) is 57.3 Å². The largest absolute Gasteiger partial charge is 0.481 e. The number of imidazole rings is 1. The average molecular weight is 484 g/mol. The molecule has 0 aliphatic heterocycles. The fraction of sp³-hybridized carbons (Fsp3) is 0.526. The highest BCUT2D eigenvalue weighted by Gasteiger charge is 2.32. The summed E-state index contributed by atoms with van der Waals surface area (Å²) in [6, 6.07) is -5.87. The van der Waals surface area contributed by atoms with Crippen molar-refractivity contribution in [3.8, 4) is 0 Å².